The molecule has 20 heavy (non-hydrogen) atoms. The smallest absolute Gasteiger partial charge is 0.141 e. The zero-order chi connectivity index (χ0) is 14.5. The topological polar surface area (TPSA) is 18.1 Å². The molecule has 1 aliphatic rings. The third kappa shape index (κ3) is 4.11. The monoisotopic (exact) mass is 298 g/mol. The van der Waals surface area contributed by atoms with Crippen molar-refractivity contribution in [2.45, 2.75) is 20.3 Å². The van der Waals surface area contributed by atoms with Gasteiger partial charge < -0.3 is 14.5 Å². The quantitative estimate of drug-likeness (QED) is 0.740. The van der Waals surface area contributed by atoms with Crippen LogP contribution in [0.3, 0.4) is 0 Å². The minimum atomic E-state index is 0.760. The molecule has 0 bridgehead atoms. The van der Waals surface area contributed by atoms with Gasteiger partial charge >= 0.3 is 0 Å². The van der Waals surface area contributed by atoms with Crippen molar-refractivity contribution < 1.29 is 14.5 Å². The van der Waals surface area contributed by atoms with Crippen molar-refractivity contribution in [1.29, 1.82) is 0 Å². The lowest BCUT2D eigenvalue weighted by atomic mass is 10.1. The summed E-state index contributed by atoms with van der Waals surface area (Å²) in [7, 11) is 2.28. The summed E-state index contributed by atoms with van der Waals surface area (Å²) in [6.07, 6.45) is 1.10. The Morgan fingerprint density at radius 3 is 2.45 bits per heavy atom. The number of halogens is 1. The highest BCUT2D eigenvalue weighted by atomic mass is 35.5. The number of likely N-dealkylation sites (N-methyl/N-ethyl adjacent to an activating group) is 1. The summed E-state index contributed by atoms with van der Waals surface area (Å²) in [4.78, 5) is 3.37. The average molecular weight is 299 g/mol. The largest absolute Gasteiger partial charge is 0.492 e. The minimum Gasteiger partial charge on any atom is -0.492 e. The van der Waals surface area contributed by atoms with Gasteiger partial charge in [-0.1, -0.05) is 23.7 Å². The van der Waals surface area contributed by atoms with E-state index in [2.05, 4.69) is 20.0 Å². The van der Waals surface area contributed by atoms with Crippen molar-refractivity contribution in [3.63, 3.8) is 0 Å². The molecule has 1 saturated heterocycles. The van der Waals surface area contributed by atoms with Crippen molar-refractivity contribution in [1.82, 2.24) is 0 Å². The van der Waals surface area contributed by atoms with E-state index in [1.165, 1.54) is 32.7 Å². The maximum Gasteiger partial charge on any atom is 0.141 e. The molecule has 112 valence electrons. The molecule has 0 spiro atoms. The van der Waals surface area contributed by atoms with Gasteiger partial charge in [0.1, 0.15) is 31.9 Å². The van der Waals surface area contributed by atoms with Crippen LogP contribution in [-0.4, -0.2) is 46.4 Å². The van der Waals surface area contributed by atoms with Gasteiger partial charge in [0.15, 0.2) is 0 Å². The predicted octanol–water partition coefficient (Wildman–Crippen LogP) is 0.139. The fourth-order valence-electron chi connectivity index (χ4n) is 2.70. The Bertz CT molecular complexity index is 442. The number of benzene rings is 1. The Hall–Kier alpha value is -0.770. The second-order valence-corrected chi connectivity index (χ2v) is 6.38. The second kappa shape index (κ2) is 7.30. The number of hydrogen-bond donors (Lipinski definition) is 2. The fraction of sp³-hybridized carbons (Fsp3) is 0.625. The molecule has 4 heteroatoms. The number of rotatable bonds is 5. The Labute approximate surface area is 127 Å². The predicted molar refractivity (Wildman–Crippen MR) is 83.2 cm³/mol. The first-order valence-corrected chi connectivity index (χ1v) is 7.99. The van der Waals surface area contributed by atoms with Crippen molar-refractivity contribution >= 4 is 11.6 Å². The zero-order valence-electron chi connectivity index (χ0n) is 12.9. The van der Waals surface area contributed by atoms with Crippen LogP contribution in [0.1, 0.15) is 17.5 Å². The molecule has 0 saturated carbocycles. The highest BCUT2D eigenvalue weighted by Gasteiger charge is 2.19. The van der Waals surface area contributed by atoms with Gasteiger partial charge in [0.25, 0.3) is 0 Å². The van der Waals surface area contributed by atoms with Gasteiger partial charge in [-0.3, -0.25) is 0 Å². The van der Waals surface area contributed by atoms with E-state index >= 15 is 0 Å². The molecule has 1 aromatic carbocycles. The van der Waals surface area contributed by atoms with Crippen LogP contribution >= 0.6 is 11.6 Å². The Balaban J connectivity index is 1.75. The van der Waals surface area contributed by atoms with E-state index in [0.717, 1.165) is 34.9 Å². The number of hydrogen-bond acceptors (Lipinski definition) is 1. The lowest BCUT2D eigenvalue weighted by Crippen LogP contribution is -3.27. The summed E-state index contributed by atoms with van der Waals surface area (Å²) >= 11 is 6.31. The molecule has 2 rings (SSSR count). The van der Waals surface area contributed by atoms with Gasteiger partial charge in [-0.2, -0.15) is 0 Å². The maximum absolute atomic E-state index is 6.31. The van der Waals surface area contributed by atoms with E-state index < -0.39 is 0 Å². The molecule has 2 N–H and O–H groups in total. The first-order chi connectivity index (χ1) is 9.58. The Morgan fingerprint density at radius 2 is 1.75 bits per heavy atom. The molecule has 3 nitrogen and oxygen atoms in total. The summed E-state index contributed by atoms with van der Waals surface area (Å²) in [5, 5.41) is 0.764. The van der Waals surface area contributed by atoms with Crippen LogP contribution in [0.2, 0.25) is 5.02 Å². The van der Waals surface area contributed by atoms with E-state index in [4.69, 9.17) is 16.3 Å². The molecule has 0 amide bonds. The summed E-state index contributed by atoms with van der Waals surface area (Å²) < 4.78 is 5.91. The molecule has 0 radical (unpaired) electrons. The molecule has 0 atom stereocenters. The van der Waals surface area contributed by atoms with Gasteiger partial charge in [-0.15, -0.1) is 0 Å². The Kier molecular flexibility index (Phi) is 5.70. The third-order valence-electron chi connectivity index (χ3n) is 4.22. The zero-order valence-corrected chi connectivity index (χ0v) is 13.6. The van der Waals surface area contributed by atoms with Crippen LogP contribution in [0, 0.1) is 13.8 Å². The molecular weight excluding hydrogens is 272 g/mol. The lowest BCUT2D eigenvalue weighted by Gasteiger charge is -2.27. The molecule has 0 aromatic heterocycles. The van der Waals surface area contributed by atoms with Gasteiger partial charge in [0.2, 0.25) is 0 Å². The molecule has 0 unspecified atom stereocenters. The highest BCUT2D eigenvalue weighted by Crippen LogP contribution is 2.31. The van der Waals surface area contributed by atoms with Crippen molar-refractivity contribution in [3.05, 3.63) is 28.3 Å². The first kappa shape index (κ1) is 15.6. The SMILES string of the molecule is Cc1ccc(C)c(OCCC[NH+]2CC[NH+](C)CC2)c1Cl. The minimum absolute atomic E-state index is 0.760. The van der Waals surface area contributed by atoms with E-state index in [-0.39, 0.29) is 0 Å². The van der Waals surface area contributed by atoms with Crippen molar-refractivity contribution in [2.24, 2.45) is 0 Å². The summed E-state index contributed by atoms with van der Waals surface area (Å²) in [6, 6.07) is 4.12. The number of piperazine rings is 1. The van der Waals surface area contributed by atoms with E-state index in [1.807, 2.05) is 13.0 Å². The average Bonchev–Trinajstić information content (AvgIpc) is 2.44. The van der Waals surface area contributed by atoms with Gasteiger partial charge in [-0.25, -0.2) is 0 Å². The standard InChI is InChI=1S/C16H25ClN2O/c1-13-5-6-14(2)16(15(13)17)20-12-4-7-19-10-8-18(3)9-11-19/h5-6H,4,7-12H2,1-3H3/p+2. The first-order valence-electron chi connectivity index (χ1n) is 7.61. The molecular formula is C16H27ClN2O+2. The summed E-state index contributed by atoms with van der Waals surface area (Å²) in [5.41, 5.74) is 2.20. The van der Waals surface area contributed by atoms with Crippen molar-refractivity contribution in [3.8, 4) is 5.75 Å². The van der Waals surface area contributed by atoms with E-state index in [0.29, 0.717) is 0 Å². The number of aryl methyl sites for hydroxylation is 2. The van der Waals surface area contributed by atoms with Crippen LogP contribution in [-0.2, 0) is 0 Å². The van der Waals surface area contributed by atoms with Gasteiger partial charge in [-0.05, 0) is 25.0 Å². The molecule has 1 aliphatic heterocycles. The van der Waals surface area contributed by atoms with Gasteiger partial charge in [0, 0.05) is 6.42 Å². The van der Waals surface area contributed by atoms with Crippen LogP contribution in [0.25, 0.3) is 0 Å². The normalized spacial score (nSPS) is 22.8. The van der Waals surface area contributed by atoms with Gasteiger partial charge in [0.05, 0.1) is 25.2 Å². The summed E-state index contributed by atoms with van der Waals surface area (Å²) in [5.74, 6) is 0.865. The van der Waals surface area contributed by atoms with E-state index in [9.17, 15) is 0 Å². The molecule has 1 heterocycles. The molecule has 1 aromatic rings. The Morgan fingerprint density at radius 1 is 1.10 bits per heavy atom. The lowest BCUT2D eigenvalue weighted by molar-refractivity contribution is -1.00. The fourth-order valence-corrected chi connectivity index (χ4v) is 2.97. The second-order valence-electron chi connectivity index (χ2n) is 6.00. The highest BCUT2D eigenvalue weighted by molar-refractivity contribution is 6.32. The molecule has 0 aliphatic carbocycles. The van der Waals surface area contributed by atoms with Crippen LogP contribution < -0.4 is 14.5 Å². The number of quaternary nitrogens is 2. The van der Waals surface area contributed by atoms with Crippen molar-refractivity contribution in [2.75, 3.05) is 46.4 Å². The third-order valence-corrected chi connectivity index (χ3v) is 4.69. The number of ether oxygens (including phenoxy) is 1. The number of nitrogens with one attached hydrogen (secondary N) is 2. The summed E-state index contributed by atoms with van der Waals surface area (Å²) in [6.45, 7) is 11.2. The van der Waals surface area contributed by atoms with Crippen LogP contribution in [0.4, 0.5) is 0 Å². The maximum atomic E-state index is 6.31. The van der Waals surface area contributed by atoms with Crippen LogP contribution in [0.5, 0.6) is 5.75 Å². The van der Waals surface area contributed by atoms with E-state index in [1.54, 1.807) is 9.80 Å². The van der Waals surface area contributed by atoms with Crippen LogP contribution in [0.15, 0.2) is 12.1 Å². The molecule has 1 fully saturated rings.